The second-order valence-electron chi connectivity index (χ2n) is 14.6. The molecule has 2 heteroatoms. The highest BCUT2D eigenvalue weighted by Crippen LogP contribution is 2.49. The fourth-order valence-electron chi connectivity index (χ4n) is 9.01. The van der Waals surface area contributed by atoms with Gasteiger partial charge < -0.3 is 9.13 Å². The molecule has 0 N–H and O–H groups in total. The van der Waals surface area contributed by atoms with E-state index in [1.165, 1.54) is 99.1 Å². The molecule has 0 unspecified atom stereocenters. The first-order chi connectivity index (χ1) is 25.0. The summed E-state index contributed by atoms with van der Waals surface area (Å²) in [4.78, 5) is 0. The van der Waals surface area contributed by atoms with Crippen molar-refractivity contribution >= 4 is 54.4 Å². The summed E-state index contributed by atoms with van der Waals surface area (Å²) < 4.78 is 4.88. The van der Waals surface area contributed by atoms with Gasteiger partial charge in [0, 0.05) is 38.3 Å². The molecule has 240 valence electrons. The van der Waals surface area contributed by atoms with Gasteiger partial charge in [0.05, 0.1) is 22.1 Å². The van der Waals surface area contributed by atoms with Crippen molar-refractivity contribution < 1.29 is 0 Å². The molecule has 1 aliphatic carbocycles. The quantitative estimate of drug-likeness (QED) is 0.180. The fourth-order valence-corrected chi connectivity index (χ4v) is 9.01. The molecule has 0 fully saturated rings. The van der Waals surface area contributed by atoms with E-state index in [1.54, 1.807) is 0 Å². The van der Waals surface area contributed by atoms with Crippen molar-refractivity contribution in [3.05, 3.63) is 181 Å². The van der Waals surface area contributed by atoms with Crippen LogP contribution in [-0.2, 0) is 5.41 Å². The molecule has 0 radical (unpaired) electrons. The van der Waals surface area contributed by atoms with E-state index in [9.17, 15) is 0 Å². The maximum Gasteiger partial charge on any atom is 0.0547 e. The van der Waals surface area contributed by atoms with Crippen LogP contribution in [-0.4, -0.2) is 9.13 Å². The number of hydrogen-bond acceptors (Lipinski definition) is 0. The Morgan fingerprint density at radius 1 is 0.353 bits per heavy atom. The summed E-state index contributed by atoms with van der Waals surface area (Å²) >= 11 is 0. The third-order valence-electron chi connectivity index (χ3n) is 11.5. The van der Waals surface area contributed by atoms with Crippen molar-refractivity contribution in [2.24, 2.45) is 0 Å². The molecule has 0 atom stereocenters. The molecule has 0 saturated heterocycles. The van der Waals surface area contributed by atoms with Gasteiger partial charge in [0.15, 0.2) is 0 Å². The Balaban J connectivity index is 1.10. The van der Waals surface area contributed by atoms with Crippen molar-refractivity contribution in [2.75, 3.05) is 0 Å². The Morgan fingerprint density at radius 3 is 1.76 bits per heavy atom. The third-order valence-corrected chi connectivity index (χ3v) is 11.5. The minimum Gasteiger partial charge on any atom is -0.309 e. The molecular formula is C49H34N2. The molecule has 1 aliphatic rings. The number of benzene rings is 8. The van der Waals surface area contributed by atoms with E-state index in [0.717, 1.165) is 0 Å². The van der Waals surface area contributed by atoms with Crippen LogP contribution in [0.2, 0.25) is 0 Å². The predicted molar refractivity (Wildman–Crippen MR) is 216 cm³/mol. The normalized spacial score (nSPS) is 13.5. The van der Waals surface area contributed by atoms with Gasteiger partial charge in [-0.25, -0.2) is 0 Å². The van der Waals surface area contributed by atoms with Gasteiger partial charge in [0.1, 0.15) is 0 Å². The lowest BCUT2D eigenvalue weighted by molar-refractivity contribution is 0.660. The summed E-state index contributed by atoms with van der Waals surface area (Å²) in [7, 11) is 0. The Kier molecular flexibility index (Phi) is 5.76. The van der Waals surface area contributed by atoms with Crippen molar-refractivity contribution in [1.29, 1.82) is 0 Å². The first-order valence-electron chi connectivity index (χ1n) is 17.9. The van der Waals surface area contributed by atoms with Gasteiger partial charge in [-0.15, -0.1) is 0 Å². The summed E-state index contributed by atoms with van der Waals surface area (Å²) in [5, 5.41) is 7.57. The van der Waals surface area contributed by atoms with Gasteiger partial charge in [0.25, 0.3) is 0 Å². The van der Waals surface area contributed by atoms with Crippen LogP contribution >= 0.6 is 0 Å². The molecule has 2 heterocycles. The summed E-state index contributed by atoms with van der Waals surface area (Å²) in [6.45, 7) is 4.72. The smallest absolute Gasteiger partial charge is 0.0547 e. The van der Waals surface area contributed by atoms with E-state index in [-0.39, 0.29) is 5.41 Å². The summed E-state index contributed by atoms with van der Waals surface area (Å²) in [5.41, 5.74) is 15.1. The molecule has 0 amide bonds. The Hall–Kier alpha value is -6.38. The molecule has 0 saturated carbocycles. The second-order valence-corrected chi connectivity index (χ2v) is 14.6. The van der Waals surface area contributed by atoms with Crippen molar-refractivity contribution in [3.8, 4) is 33.6 Å². The van der Waals surface area contributed by atoms with E-state index in [4.69, 9.17) is 0 Å². The number of fused-ring (bicyclic) bond motifs is 10. The minimum absolute atomic E-state index is 0.0622. The zero-order valence-corrected chi connectivity index (χ0v) is 28.6. The van der Waals surface area contributed by atoms with E-state index >= 15 is 0 Å². The van der Waals surface area contributed by atoms with Crippen LogP contribution in [0.25, 0.3) is 88.0 Å². The Bertz CT molecular complexity index is 3060. The third kappa shape index (κ3) is 3.99. The molecule has 8 aromatic carbocycles. The monoisotopic (exact) mass is 650 g/mol. The Labute approximate surface area is 296 Å². The topological polar surface area (TPSA) is 9.86 Å². The van der Waals surface area contributed by atoms with Crippen molar-refractivity contribution in [1.82, 2.24) is 9.13 Å². The van der Waals surface area contributed by atoms with Crippen LogP contribution < -0.4 is 0 Å². The molecule has 0 spiro atoms. The Morgan fingerprint density at radius 2 is 0.922 bits per heavy atom. The maximum absolute atomic E-state index is 2.47. The summed E-state index contributed by atoms with van der Waals surface area (Å²) in [6, 6.07) is 63.0. The highest BCUT2D eigenvalue weighted by Gasteiger charge is 2.35. The van der Waals surface area contributed by atoms with Crippen molar-refractivity contribution in [3.63, 3.8) is 0 Å². The number of para-hydroxylation sites is 2. The highest BCUT2D eigenvalue weighted by molar-refractivity contribution is 6.12. The summed E-state index contributed by atoms with van der Waals surface area (Å²) in [5.74, 6) is 0. The van der Waals surface area contributed by atoms with Gasteiger partial charge in [-0.05, 0) is 98.8 Å². The zero-order valence-electron chi connectivity index (χ0n) is 28.6. The van der Waals surface area contributed by atoms with Crippen LogP contribution in [0, 0.1) is 0 Å². The molecule has 0 bridgehead atoms. The van der Waals surface area contributed by atoms with E-state index in [2.05, 4.69) is 193 Å². The lowest BCUT2D eigenvalue weighted by Gasteiger charge is -2.22. The maximum atomic E-state index is 2.47. The zero-order chi connectivity index (χ0) is 33.8. The van der Waals surface area contributed by atoms with E-state index in [1.807, 2.05) is 0 Å². The number of hydrogen-bond donors (Lipinski definition) is 0. The lowest BCUT2D eigenvalue weighted by Crippen LogP contribution is -2.15. The van der Waals surface area contributed by atoms with Gasteiger partial charge in [-0.2, -0.15) is 0 Å². The van der Waals surface area contributed by atoms with Gasteiger partial charge in [0.2, 0.25) is 0 Å². The highest BCUT2D eigenvalue weighted by atomic mass is 15.0. The second kappa shape index (κ2) is 10.3. The number of aromatic nitrogens is 2. The number of rotatable bonds is 3. The van der Waals surface area contributed by atoms with Gasteiger partial charge in [-0.3, -0.25) is 0 Å². The summed E-state index contributed by atoms with van der Waals surface area (Å²) in [6.07, 6.45) is 0. The van der Waals surface area contributed by atoms with Crippen LogP contribution in [0.1, 0.15) is 25.0 Å². The first-order valence-corrected chi connectivity index (χ1v) is 17.9. The fraction of sp³-hybridized carbons (Fsp3) is 0.0612. The van der Waals surface area contributed by atoms with E-state index < -0.39 is 0 Å². The molecule has 10 aromatic rings. The molecular weight excluding hydrogens is 617 g/mol. The predicted octanol–water partition coefficient (Wildman–Crippen LogP) is 13.0. The average Bonchev–Trinajstić information content (AvgIpc) is 3.77. The van der Waals surface area contributed by atoms with Gasteiger partial charge >= 0.3 is 0 Å². The van der Waals surface area contributed by atoms with Crippen LogP contribution in [0.4, 0.5) is 0 Å². The van der Waals surface area contributed by atoms with Crippen LogP contribution in [0.15, 0.2) is 170 Å². The lowest BCUT2D eigenvalue weighted by atomic mass is 9.82. The van der Waals surface area contributed by atoms with Crippen LogP contribution in [0.5, 0.6) is 0 Å². The molecule has 0 aliphatic heterocycles. The van der Waals surface area contributed by atoms with Crippen LogP contribution in [0.3, 0.4) is 0 Å². The minimum atomic E-state index is -0.0622. The molecule has 2 nitrogen and oxygen atoms in total. The van der Waals surface area contributed by atoms with Crippen molar-refractivity contribution in [2.45, 2.75) is 19.3 Å². The molecule has 2 aromatic heterocycles. The SMILES string of the molecule is CC1(C)c2ccccc2-c2ccc(-n3c4ccccc4c4ccc(-c5ccc6c(c5)c5ccccc5n6-c5ccc6ccccc6c5)cc43)cc21. The molecule has 51 heavy (non-hydrogen) atoms. The average molecular weight is 651 g/mol. The van der Waals surface area contributed by atoms with Gasteiger partial charge in [-0.1, -0.05) is 129 Å². The largest absolute Gasteiger partial charge is 0.309 e. The first kappa shape index (κ1) is 28.5. The van der Waals surface area contributed by atoms with E-state index in [0.29, 0.717) is 0 Å². The number of nitrogens with zero attached hydrogens (tertiary/aromatic N) is 2. The molecule has 11 rings (SSSR count). The standard InChI is InChI=1S/C49H34N2/c1-49(2)43-16-8-5-13-37(43)38-25-23-36(30-44(38)49)51-45-17-9-6-14-39(45)41-24-20-34(29-48(41)51)33-21-26-47-42(28-33)40-15-7-10-18-46(40)50(47)35-22-19-31-11-3-4-12-32(31)27-35/h3-30H,1-2H3.